The topological polar surface area (TPSA) is 120 Å². The Morgan fingerprint density at radius 1 is 1.00 bits per heavy atom. The SMILES string of the molecule is C=CC(=O)OCCCCN(CCCCOC(=O)C=C)c1cc(NC(=O)CC(C)CC(C)(C)C)c(N)cc1OC. The molecule has 0 heterocycles. The van der Waals surface area contributed by atoms with Gasteiger partial charge in [0, 0.05) is 37.7 Å². The van der Waals surface area contributed by atoms with Crippen molar-refractivity contribution in [2.75, 3.05) is 49.4 Å². The number of methoxy groups -OCH3 is 1. The van der Waals surface area contributed by atoms with Gasteiger partial charge in [-0.1, -0.05) is 40.9 Å². The molecule has 0 aromatic heterocycles. The van der Waals surface area contributed by atoms with E-state index >= 15 is 0 Å². The number of nitrogens with one attached hydrogen (secondary N) is 1. The van der Waals surface area contributed by atoms with Gasteiger partial charge in [-0.3, -0.25) is 4.79 Å². The van der Waals surface area contributed by atoms with E-state index < -0.39 is 11.9 Å². The lowest BCUT2D eigenvalue weighted by molar-refractivity contribution is -0.138. The molecule has 1 amide bonds. The number of anilines is 3. The van der Waals surface area contributed by atoms with Crippen LogP contribution in [0.2, 0.25) is 0 Å². The third kappa shape index (κ3) is 13.7. The molecule has 1 atom stereocenters. The summed E-state index contributed by atoms with van der Waals surface area (Å²) in [6, 6.07) is 3.56. The highest BCUT2D eigenvalue weighted by Crippen LogP contribution is 2.36. The van der Waals surface area contributed by atoms with Crippen LogP contribution in [0.25, 0.3) is 0 Å². The molecule has 9 heteroatoms. The predicted octanol–water partition coefficient (Wildman–Crippen LogP) is 5.50. The van der Waals surface area contributed by atoms with Crippen LogP contribution in [-0.2, 0) is 23.9 Å². The molecule has 0 fully saturated rings. The second-order valence-corrected chi connectivity index (χ2v) is 10.9. The summed E-state index contributed by atoms with van der Waals surface area (Å²) in [6.45, 7) is 17.3. The fourth-order valence-electron chi connectivity index (χ4n) is 4.36. The molecule has 0 bridgehead atoms. The van der Waals surface area contributed by atoms with Gasteiger partial charge in [-0.2, -0.15) is 0 Å². The summed E-state index contributed by atoms with van der Waals surface area (Å²) in [5, 5.41) is 2.98. The maximum absolute atomic E-state index is 12.8. The Bertz CT molecular complexity index is 940. The minimum atomic E-state index is -0.446. The first-order chi connectivity index (χ1) is 18.4. The number of ether oxygens (including phenoxy) is 3. The van der Waals surface area contributed by atoms with Gasteiger partial charge >= 0.3 is 11.9 Å². The summed E-state index contributed by atoms with van der Waals surface area (Å²) in [5.74, 6) is -0.167. The zero-order chi connectivity index (χ0) is 29.4. The second-order valence-electron chi connectivity index (χ2n) is 10.9. The molecule has 0 spiro atoms. The number of nitrogens with zero attached hydrogens (tertiary/aromatic N) is 1. The third-order valence-electron chi connectivity index (χ3n) is 5.93. The van der Waals surface area contributed by atoms with Gasteiger partial charge < -0.3 is 30.2 Å². The van der Waals surface area contributed by atoms with Gasteiger partial charge in [-0.15, -0.1) is 0 Å². The molecule has 1 unspecified atom stereocenters. The molecule has 0 aliphatic heterocycles. The number of carbonyl (C=O) groups is 3. The Morgan fingerprint density at radius 2 is 1.54 bits per heavy atom. The molecule has 0 radical (unpaired) electrons. The average molecular weight is 546 g/mol. The van der Waals surface area contributed by atoms with Crippen LogP contribution >= 0.6 is 0 Å². The Morgan fingerprint density at radius 3 is 2.00 bits per heavy atom. The number of rotatable bonds is 18. The highest BCUT2D eigenvalue weighted by atomic mass is 16.5. The van der Waals surface area contributed by atoms with E-state index in [-0.39, 0.29) is 17.2 Å². The van der Waals surface area contributed by atoms with E-state index in [1.54, 1.807) is 13.2 Å². The maximum Gasteiger partial charge on any atom is 0.330 e. The summed E-state index contributed by atoms with van der Waals surface area (Å²) < 4.78 is 15.8. The number of esters is 2. The number of amides is 1. The number of unbranched alkanes of at least 4 members (excludes halogenated alkanes) is 2. The number of nitrogen functional groups attached to an aromatic ring is 1. The van der Waals surface area contributed by atoms with Gasteiger partial charge in [0.2, 0.25) is 5.91 Å². The van der Waals surface area contributed by atoms with E-state index in [9.17, 15) is 14.4 Å². The average Bonchev–Trinajstić information content (AvgIpc) is 2.86. The molecule has 0 aliphatic carbocycles. The van der Waals surface area contributed by atoms with Crippen LogP contribution in [0.3, 0.4) is 0 Å². The van der Waals surface area contributed by atoms with Crippen molar-refractivity contribution in [3.63, 3.8) is 0 Å². The molecule has 218 valence electrons. The highest BCUT2D eigenvalue weighted by Gasteiger charge is 2.20. The number of hydrogen-bond donors (Lipinski definition) is 2. The van der Waals surface area contributed by atoms with E-state index in [1.807, 2.05) is 6.07 Å². The van der Waals surface area contributed by atoms with Crippen LogP contribution in [0.4, 0.5) is 17.1 Å². The van der Waals surface area contributed by atoms with Gasteiger partial charge in [0.05, 0.1) is 37.4 Å². The maximum atomic E-state index is 12.8. The first-order valence-corrected chi connectivity index (χ1v) is 13.5. The molecule has 0 aliphatic rings. The quantitative estimate of drug-likeness (QED) is 0.107. The molecular formula is C30H47N3O6. The van der Waals surface area contributed by atoms with Crippen LogP contribution in [0.1, 0.15) is 66.2 Å². The molecule has 0 saturated carbocycles. The summed E-state index contributed by atoms with van der Waals surface area (Å²) >= 11 is 0. The van der Waals surface area contributed by atoms with Crippen molar-refractivity contribution in [2.45, 2.75) is 66.2 Å². The Hall–Kier alpha value is -3.49. The molecule has 1 aromatic carbocycles. The van der Waals surface area contributed by atoms with E-state index in [2.05, 4.69) is 51.1 Å². The summed E-state index contributed by atoms with van der Waals surface area (Å²) in [7, 11) is 1.58. The number of benzene rings is 1. The van der Waals surface area contributed by atoms with Crippen LogP contribution in [0.5, 0.6) is 5.75 Å². The number of nitrogens with two attached hydrogens (primary N) is 1. The summed E-state index contributed by atoms with van der Waals surface area (Å²) in [5.41, 5.74) is 8.16. The fourth-order valence-corrected chi connectivity index (χ4v) is 4.36. The summed E-state index contributed by atoms with van der Waals surface area (Å²) in [6.07, 6.45) is 6.44. The van der Waals surface area contributed by atoms with E-state index in [0.717, 1.165) is 37.1 Å². The van der Waals surface area contributed by atoms with Crippen molar-refractivity contribution in [3.8, 4) is 5.75 Å². The first-order valence-electron chi connectivity index (χ1n) is 13.5. The molecule has 1 aromatic rings. The smallest absolute Gasteiger partial charge is 0.330 e. The van der Waals surface area contributed by atoms with Crippen LogP contribution in [0, 0.1) is 11.3 Å². The lowest BCUT2D eigenvalue weighted by Gasteiger charge is -2.28. The van der Waals surface area contributed by atoms with Crippen LogP contribution in [-0.4, -0.2) is 51.3 Å². The predicted molar refractivity (Wildman–Crippen MR) is 157 cm³/mol. The minimum Gasteiger partial charge on any atom is -0.495 e. The Kier molecular flexibility index (Phi) is 14.8. The molecule has 39 heavy (non-hydrogen) atoms. The van der Waals surface area contributed by atoms with E-state index in [4.69, 9.17) is 19.9 Å². The lowest BCUT2D eigenvalue weighted by Crippen LogP contribution is -2.27. The monoisotopic (exact) mass is 545 g/mol. The zero-order valence-corrected chi connectivity index (χ0v) is 24.3. The van der Waals surface area contributed by atoms with Gasteiger partial charge in [-0.05, 0) is 49.5 Å². The van der Waals surface area contributed by atoms with Gasteiger partial charge in [0.15, 0.2) is 0 Å². The second kappa shape index (κ2) is 17.2. The Labute approximate surface area is 233 Å². The molecule has 1 rings (SSSR count). The summed E-state index contributed by atoms with van der Waals surface area (Å²) in [4.78, 5) is 37.6. The van der Waals surface area contributed by atoms with Crippen LogP contribution in [0.15, 0.2) is 37.4 Å². The van der Waals surface area contributed by atoms with E-state index in [0.29, 0.717) is 62.7 Å². The number of hydrogen-bond acceptors (Lipinski definition) is 8. The van der Waals surface area contributed by atoms with Gasteiger partial charge in [-0.25, -0.2) is 9.59 Å². The van der Waals surface area contributed by atoms with E-state index in [1.165, 1.54) is 0 Å². The van der Waals surface area contributed by atoms with Crippen LogP contribution < -0.4 is 20.7 Å². The third-order valence-corrected chi connectivity index (χ3v) is 5.93. The standard InChI is InChI=1S/C30H47N3O6/c1-8-28(35)38-16-12-10-14-33(15-11-13-17-39-29(36)9-2)25-20-24(23(31)19-26(25)37-7)32-27(34)18-22(3)21-30(4,5)6/h8-9,19-20,22H,1-2,10-18,21,31H2,3-7H3,(H,32,34). The van der Waals surface area contributed by atoms with Gasteiger partial charge in [0.1, 0.15) is 5.75 Å². The van der Waals surface area contributed by atoms with Crippen molar-refractivity contribution < 1.29 is 28.6 Å². The van der Waals surface area contributed by atoms with Crippen molar-refractivity contribution in [1.82, 2.24) is 0 Å². The zero-order valence-electron chi connectivity index (χ0n) is 24.3. The molecule has 3 N–H and O–H groups in total. The van der Waals surface area contributed by atoms with Crippen molar-refractivity contribution >= 4 is 34.9 Å². The van der Waals surface area contributed by atoms with Gasteiger partial charge in [0.25, 0.3) is 0 Å². The minimum absolute atomic E-state index is 0.0887. The molecular weight excluding hydrogens is 498 g/mol. The largest absolute Gasteiger partial charge is 0.495 e. The molecule has 0 saturated heterocycles. The van der Waals surface area contributed by atoms with Crippen molar-refractivity contribution in [1.29, 1.82) is 0 Å². The Balaban J connectivity index is 3.02. The lowest BCUT2D eigenvalue weighted by atomic mass is 9.84. The first kappa shape index (κ1) is 33.5. The molecule has 9 nitrogen and oxygen atoms in total. The van der Waals surface area contributed by atoms with Crippen molar-refractivity contribution in [2.24, 2.45) is 11.3 Å². The normalized spacial score (nSPS) is 11.7. The number of carbonyl (C=O) groups excluding carboxylic acids is 3. The van der Waals surface area contributed by atoms with Crippen molar-refractivity contribution in [3.05, 3.63) is 37.4 Å². The fraction of sp³-hybridized carbons (Fsp3) is 0.567. The highest BCUT2D eigenvalue weighted by molar-refractivity contribution is 5.95.